The van der Waals surface area contributed by atoms with Gasteiger partial charge in [0.15, 0.2) is 5.58 Å². The number of aryl methyl sites for hydroxylation is 2. The summed E-state index contributed by atoms with van der Waals surface area (Å²) >= 11 is 0. The van der Waals surface area contributed by atoms with E-state index >= 15 is 0 Å². The molecule has 0 amide bonds. The van der Waals surface area contributed by atoms with Crippen LogP contribution in [0.15, 0.2) is 28.7 Å². The van der Waals surface area contributed by atoms with Crippen molar-refractivity contribution in [2.24, 2.45) is 7.05 Å². The fourth-order valence-electron chi connectivity index (χ4n) is 2.19. The zero-order valence-electron chi connectivity index (χ0n) is 11.3. The minimum absolute atomic E-state index is 0.545. The molecule has 0 fully saturated rings. The van der Waals surface area contributed by atoms with E-state index in [1.165, 1.54) is 5.56 Å². The number of fused-ring (bicyclic) bond motifs is 1. The van der Waals surface area contributed by atoms with Crippen molar-refractivity contribution in [2.75, 3.05) is 5.32 Å². The van der Waals surface area contributed by atoms with Crippen LogP contribution in [-0.2, 0) is 13.6 Å². The summed E-state index contributed by atoms with van der Waals surface area (Å²) in [7, 11) is 1.95. The fraction of sp³-hybridized carbons (Fsp3) is 0.286. The van der Waals surface area contributed by atoms with Crippen LogP contribution in [0.25, 0.3) is 11.1 Å². The molecule has 5 heteroatoms. The molecule has 0 aliphatic carbocycles. The minimum Gasteiger partial charge on any atom is -0.424 e. The number of anilines is 1. The average molecular weight is 256 g/mol. The van der Waals surface area contributed by atoms with Gasteiger partial charge in [0.2, 0.25) is 0 Å². The second-order valence-electron chi connectivity index (χ2n) is 4.61. The number of nitrogens with one attached hydrogen (secondary N) is 1. The van der Waals surface area contributed by atoms with Gasteiger partial charge in [-0.25, -0.2) is 0 Å². The van der Waals surface area contributed by atoms with E-state index in [9.17, 15) is 0 Å². The summed E-state index contributed by atoms with van der Waals surface area (Å²) in [5.74, 6) is 0. The maximum atomic E-state index is 5.63. The van der Waals surface area contributed by atoms with Gasteiger partial charge in [-0.15, -0.1) is 0 Å². The molecular weight excluding hydrogens is 240 g/mol. The summed E-state index contributed by atoms with van der Waals surface area (Å²) < 4.78 is 7.51. The molecule has 2 aromatic heterocycles. The van der Waals surface area contributed by atoms with Gasteiger partial charge in [0.05, 0.1) is 5.69 Å². The third kappa shape index (κ3) is 2.07. The Hall–Kier alpha value is -2.30. The molecule has 0 unspecified atom stereocenters. The molecule has 1 N–H and O–H groups in total. The Balaban J connectivity index is 1.82. The Morgan fingerprint density at radius 1 is 1.26 bits per heavy atom. The Kier molecular flexibility index (Phi) is 2.74. The van der Waals surface area contributed by atoms with Gasteiger partial charge in [0.25, 0.3) is 6.01 Å². The molecule has 0 aliphatic rings. The van der Waals surface area contributed by atoms with Crippen molar-refractivity contribution < 1.29 is 4.42 Å². The predicted molar refractivity (Wildman–Crippen MR) is 74.0 cm³/mol. The first-order valence-corrected chi connectivity index (χ1v) is 6.23. The summed E-state index contributed by atoms with van der Waals surface area (Å²) in [6.07, 6.45) is 0. The van der Waals surface area contributed by atoms with Gasteiger partial charge in [-0.05, 0) is 26.0 Å². The van der Waals surface area contributed by atoms with Crippen molar-refractivity contribution in [3.8, 4) is 0 Å². The summed E-state index contributed by atoms with van der Waals surface area (Å²) in [6.45, 7) is 4.73. The van der Waals surface area contributed by atoms with E-state index in [2.05, 4.69) is 22.3 Å². The lowest BCUT2D eigenvalue weighted by Crippen LogP contribution is -2.02. The van der Waals surface area contributed by atoms with Crippen LogP contribution >= 0.6 is 0 Å². The van der Waals surface area contributed by atoms with Crippen molar-refractivity contribution in [3.05, 3.63) is 41.2 Å². The van der Waals surface area contributed by atoms with Crippen LogP contribution in [0.2, 0.25) is 0 Å². The second-order valence-corrected chi connectivity index (χ2v) is 4.61. The molecule has 3 rings (SSSR count). The summed E-state index contributed by atoms with van der Waals surface area (Å²) in [5.41, 5.74) is 5.03. The minimum atomic E-state index is 0.545. The smallest absolute Gasteiger partial charge is 0.295 e. The van der Waals surface area contributed by atoms with Crippen LogP contribution in [0.1, 0.15) is 17.0 Å². The number of hydrogen-bond donors (Lipinski definition) is 1. The van der Waals surface area contributed by atoms with Crippen molar-refractivity contribution in [1.29, 1.82) is 0 Å². The number of hydrogen-bond acceptors (Lipinski definition) is 4. The highest BCUT2D eigenvalue weighted by molar-refractivity contribution is 5.74. The highest BCUT2D eigenvalue weighted by Gasteiger charge is 2.10. The highest BCUT2D eigenvalue weighted by Crippen LogP contribution is 2.19. The Morgan fingerprint density at radius 3 is 2.74 bits per heavy atom. The van der Waals surface area contributed by atoms with Crippen LogP contribution in [0.5, 0.6) is 0 Å². The Labute approximate surface area is 111 Å². The zero-order chi connectivity index (χ0) is 13.4. The predicted octanol–water partition coefficient (Wildman–Crippen LogP) is 2.79. The lowest BCUT2D eigenvalue weighted by atomic mass is 10.2. The molecule has 0 saturated heterocycles. The lowest BCUT2D eigenvalue weighted by molar-refractivity contribution is 0.614. The van der Waals surface area contributed by atoms with E-state index in [1.54, 1.807) is 0 Å². The quantitative estimate of drug-likeness (QED) is 0.783. The number of para-hydroxylation sites is 2. The van der Waals surface area contributed by atoms with Crippen LogP contribution in [0, 0.1) is 13.8 Å². The van der Waals surface area contributed by atoms with Crippen molar-refractivity contribution in [2.45, 2.75) is 20.4 Å². The van der Waals surface area contributed by atoms with Crippen molar-refractivity contribution in [1.82, 2.24) is 14.8 Å². The van der Waals surface area contributed by atoms with Crippen molar-refractivity contribution in [3.63, 3.8) is 0 Å². The highest BCUT2D eigenvalue weighted by atomic mass is 16.4. The van der Waals surface area contributed by atoms with Gasteiger partial charge in [-0.2, -0.15) is 10.1 Å². The number of oxazole rings is 1. The third-order valence-corrected chi connectivity index (χ3v) is 3.37. The first-order chi connectivity index (χ1) is 9.15. The maximum Gasteiger partial charge on any atom is 0.295 e. The van der Waals surface area contributed by atoms with Gasteiger partial charge >= 0.3 is 0 Å². The van der Waals surface area contributed by atoms with Gasteiger partial charge < -0.3 is 9.73 Å². The number of rotatable bonds is 3. The van der Waals surface area contributed by atoms with Crippen LogP contribution in [0.3, 0.4) is 0 Å². The third-order valence-electron chi connectivity index (χ3n) is 3.37. The largest absolute Gasteiger partial charge is 0.424 e. The SMILES string of the molecule is Cc1nn(C)c(C)c1CNc1nc2ccccc2o1. The maximum absolute atomic E-state index is 5.63. The molecule has 1 aromatic carbocycles. The van der Waals surface area contributed by atoms with Gasteiger partial charge in [-0.3, -0.25) is 4.68 Å². The molecule has 5 nitrogen and oxygen atoms in total. The van der Waals surface area contributed by atoms with Crippen LogP contribution in [0.4, 0.5) is 6.01 Å². The Morgan fingerprint density at radius 2 is 2.05 bits per heavy atom. The topological polar surface area (TPSA) is 55.9 Å². The molecule has 3 aromatic rings. The number of benzene rings is 1. The van der Waals surface area contributed by atoms with E-state index in [1.807, 2.05) is 42.9 Å². The average Bonchev–Trinajstić information content (AvgIpc) is 2.90. The first-order valence-electron chi connectivity index (χ1n) is 6.23. The standard InChI is InChI=1S/C14H16N4O/c1-9-11(10(2)18(3)17-9)8-15-14-16-12-6-4-5-7-13(12)19-14/h4-7H,8H2,1-3H3,(H,15,16). The number of aromatic nitrogens is 3. The normalized spacial score (nSPS) is 11.1. The summed E-state index contributed by atoms with van der Waals surface area (Å²) in [5, 5.41) is 7.61. The molecule has 0 saturated carbocycles. The van der Waals surface area contributed by atoms with Gasteiger partial charge in [0.1, 0.15) is 5.52 Å². The molecule has 19 heavy (non-hydrogen) atoms. The summed E-state index contributed by atoms with van der Waals surface area (Å²) in [4.78, 5) is 4.39. The van der Waals surface area contributed by atoms with E-state index in [-0.39, 0.29) is 0 Å². The molecule has 98 valence electrons. The molecule has 0 radical (unpaired) electrons. The second kappa shape index (κ2) is 4.42. The van der Waals surface area contributed by atoms with Crippen molar-refractivity contribution >= 4 is 17.1 Å². The van der Waals surface area contributed by atoms with E-state index in [0.29, 0.717) is 12.6 Å². The number of nitrogens with zero attached hydrogens (tertiary/aromatic N) is 3. The van der Waals surface area contributed by atoms with E-state index in [4.69, 9.17) is 4.42 Å². The van der Waals surface area contributed by atoms with Crippen LogP contribution in [-0.4, -0.2) is 14.8 Å². The van der Waals surface area contributed by atoms with Crippen LogP contribution < -0.4 is 5.32 Å². The molecule has 0 bridgehead atoms. The molecule has 0 spiro atoms. The van der Waals surface area contributed by atoms with Gasteiger partial charge in [-0.1, -0.05) is 12.1 Å². The molecule has 2 heterocycles. The monoisotopic (exact) mass is 256 g/mol. The summed E-state index contributed by atoms with van der Waals surface area (Å²) in [6, 6.07) is 8.28. The molecular formula is C14H16N4O. The van der Waals surface area contributed by atoms with E-state index < -0.39 is 0 Å². The molecule has 0 aliphatic heterocycles. The first kappa shape index (κ1) is 11.8. The fourth-order valence-corrected chi connectivity index (χ4v) is 2.19. The zero-order valence-corrected chi connectivity index (χ0v) is 11.3. The van der Waals surface area contributed by atoms with Gasteiger partial charge in [0, 0.05) is 24.8 Å². The Bertz CT molecular complexity index is 693. The molecule has 0 atom stereocenters. The lowest BCUT2D eigenvalue weighted by Gasteiger charge is -2.02. The van der Waals surface area contributed by atoms with E-state index in [0.717, 1.165) is 22.5 Å².